The number of amides is 1. The number of ether oxygens (including phenoxy) is 1. The third-order valence-corrected chi connectivity index (χ3v) is 5.54. The normalized spacial score (nSPS) is 16.3. The maximum Gasteiger partial charge on any atom is 0.253 e. The van der Waals surface area contributed by atoms with E-state index in [9.17, 15) is 9.59 Å². The molecule has 0 spiro atoms. The van der Waals surface area contributed by atoms with Gasteiger partial charge in [0.25, 0.3) is 11.5 Å². The van der Waals surface area contributed by atoms with E-state index in [0.29, 0.717) is 18.7 Å². The lowest BCUT2D eigenvalue weighted by Gasteiger charge is -2.25. The standard InChI is InChI=1S/C24H26N2O3/c1-16-8-10-18(11-9-16)14-26(24(28)21-7-4-12-29-21)15-20-13-19-6-3-5-17(2)22(19)25-23(20)27/h3,5-6,8-11,13,21H,4,7,12,14-15H2,1-2H3,(H,25,27). The predicted octanol–water partition coefficient (Wildman–Crippen LogP) is 3.85. The number of carbonyl (C=O) groups excluding carboxylic acids is 1. The minimum absolute atomic E-state index is 0.0492. The van der Waals surface area contributed by atoms with Gasteiger partial charge in [-0.2, -0.15) is 0 Å². The van der Waals surface area contributed by atoms with E-state index in [-0.39, 0.29) is 18.0 Å². The molecule has 1 N–H and O–H groups in total. The second-order valence-electron chi connectivity index (χ2n) is 7.84. The second kappa shape index (κ2) is 8.21. The van der Waals surface area contributed by atoms with Crippen LogP contribution in [0.15, 0.2) is 53.3 Å². The minimum atomic E-state index is -0.415. The number of aryl methyl sites for hydroxylation is 2. The van der Waals surface area contributed by atoms with Gasteiger partial charge in [0.1, 0.15) is 6.10 Å². The Balaban J connectivity index is 1.66. The summed E-state index contributed by atoms with van der Waals surface area (Å²) in [5, 5.41) is 0.972. The molecule has 1 fully saturated rings. The molecule has 0 saturated carbocycles. The molecule has 1 saturated heterocycles. The zero-order valence-electron chi connectivity index (χ0n) is 16.9. The lowest BCUT2D eigenvalue weighted by Crippen LogP contribution is -2.39. The van der Waals surface area contributed by atoms with Crippen LogP contribution in [0.4, 0.5) is 0 Å². The quantitative estimate of drug-likeness (QED) is 0.720. The number of nitrogens with zero attached hydrogens (tertiary/aromatic N) is 1. The van der Waals surface area contributed by atoms with Crippen LogP contribution in [0.3, 0.4) is 0 Å². The van der Waals surface area contributed by atoms with Crippen LogP contribution in [0.25, 0.3) is 10.9 Å². The summed E-state index contributed by atoms with van der Waals surface area (Å²) in [6.07, 6.45) is 1.21. The Bertz CT molecular complexity index is 1080. The van der Waals surface area contributed by atoms with Gasteiger partial charge >= 0.3 is 0 Å². The van der Waals surface area contributed by atoms with Crippen molar-refractivity contribution in [2.45, 2.75) is 45.9 Å². The smallest absolute Gasteiger partial charge is 0.253 e. The lowest BCUT2D eigenvalue weighted by molar-refractivity contribution is -0.142. The Hall–Kier alpha value is -2.92. The summed E-state index contributed by atoms with van der Waals surface area (Å²) in [6.45, 7) is 5.33. The Morgan fingerprint density at radius 3 is 2.66 bits per heavy atom. The third-order valence-electron chi connectivity index (χ3n) is 5.54. The summed E-state index contributed by atoms with van der Waals surface area (Å²) in [4.78, 5) is 30.6. The Morgan fingerprint density at radius 1 is 1.14 bits per heavy atom. The molecule has 1 amide bonds. The van der Waals surface area contributed by atoms with E-state index in [0.717, 1.165) is 34.9 Å². The number of para-hydroxylation sites is 1. The van der Waals surface area contributed by atoms with Crippen LogP contribution in [0, 0.1) is 13.8 Å². The molecule has 4 rings (SSSR count). The minimum Gasteiger partial charge on any atom is -0.368 e. The molecular formula is C24H26N2O3. The molecule has 29 heavy (non-hydrogen) atoms. The predicted molar refractivity (Wildman–Crippen MR) is 114 cm³/mol. The highest BCUT2D eigenvalue weighted by Crippen LogP contribution is 2.20. The van der Waals surface area contributed by atoms with Gasteiger partial charge in [0, 0.05) is 18.7 Å². The fourth-order valence-corrected chi connectivity index (χ4v) is 3.85. The SMILES string of the molecule is Cc1ccc(CN(Cc2cc3cccc(C)c3[nH]c2=O)C(=O)C2CCCO2)cc1. The average molecular weight is 390 g/mol. The summed E-state index contributed by atoms with van der Waals surface area (Å²) in [7, 11) is 0. The molecule has 5 heteroatoms. The number of hydrogen-bond donors (Lipinski definition) is 1. The van der Waals surface area contributed by atoms with Gasteiger partial charge in [0.15, 0.2) is 0 Å². The maximum atomic E-state index is 13.1. The average Bonchev–Trinajstić information content (AvgIpc) is 3.25. The van der Waals surface area contributed by atoms with E-state index in [4.69, 9.17) is 4.74 Å². The second-order valence-corrected chi connectivity index (χ2v) is 7.84. The summed E-state index contributed by atoms with van der Waals surface area (Å²) in [6, 6.07) is 16.0. The highest BCUT2D eigenvalue weighted by Gasteiger charge is 2.29. The summed E-state index contributed by atoms with van der Waals surface area (Å²) >= 11 is 0. The summed E-state index contributed by atoms with van der Waals surface area (Å²) < 4.78 is 5.63. The number of carbonyl (C=O) groups is 1. The molecule has 1 aromatic heterocycles. The van der Waals surface area contributed by atoms with Crippen LogP contribution < -0.4 is 5.56 Å². The van der Waals surface area contributed by atoms with Crippen molar-refractivity contribution in [1.82, 2.24) is 9.88 Å². The number of aromatic nitrogens is 1. The molecule has 0 aliphatic carbocycles. The summed E-state index contributed by atoms with van der Waals surface area (Å²) in [5.41, 5.74) is 4.51. The fourth-order valence-electron chi connectivity index (χ4n) is 3.85. The Labute approximate surface area is 170 Å². The maximum absolute atomic E-state index is 13.1. The van der Waals surface area contributed by atoms with E-state index in [1.807, 2.05) is 62.4 Å². The highest BCUT2D eigenvalue weighted by atomic mass is 16.5. The Morgan fingerprint density at radius 2 is 1.93 bits per heavy atom. The monoisotopic (exact) mass is 390 g/mol. The fraction of sp³-hybridized carbons (Fsp3) is 0.333. The molecule has 2 aromatic carbocycles. The van der Waals surface area contributed by atoms with E-state index in [1.54, 1.807) is 4.90 Å². The third kappa shape index (κ3) is 4.25. The number of fused-ring (bicyclic) bond motifs is 1. The number of rotatable bonds is 5. The molecule has 2 heterocycles. The van der Waals surface area contributed by atoms with Crippen molar-refractivity contribution in [2.24, 2.45) is 0 Å². The molecule has 3 aromatic rings. The van der Waals surface area contributed by atoms with E-state index >= 15 is 0 Å². The van der Waals surface area contributed by atoms with Gasteiger partial charge in [-0.1, -0.05) is 48.0 Å². The van der Waals surface area contributed by atoms with E-state index < -0.39 is 6.10 Å². The zero-order chi connectivity index (χ0) is 20.4. The van der Waals surface area contributed by atoms with Gasteiger partial charge in [-0.25, -0.2) is 0 Å². The van der Waals surface area contributed by atoms with Gasteiger partial charge in [0.05, 0.1) is 12.1 Å². The Kier molecular flexibility index (Phi) is 5.49. The van der Waals surface area contributed by atoms with Gasteiger partial charge in [-0.3, -0.25) is 9.59 Å². The van der Waals surface area contributed by atoms with Crippen molar-refractivity contribution in [2.75, 3.05) is 6.61 Å². The van der Waals surface area contributed by atoms with Crippen molar-refractivity contribution in [1.29, 1.82) is 0 Å². The first kappa shape index (κ1) is 19.4. The first-order valence-corrected chi connectivity index (χ1v) is 10.1. The van der Waals surface area contributed by atoms with Crippen molar-refractivity contribution in [3.8, 4) is 0 Å². The van der Waals surface area contributed by atoms with Crippen LogP contribution in [-0.4, -0.2) is 28.5 Å². The van der Waals surface area contributed by atoms with E-state index in [1.165, 1.54) is 5.56 Å². The number of hydrogen-bond acceptors (Lipinski definition) is 3. The topological polar surface area (TPSA) is 62.4 Å². The largest absolute Gasteiger partial charge is 0.368 e. The van der Waals surface area contributed by atoms with Crippen LogP contribution in [0.2, 0.25) is 0 Å². The molecule has 1 unspecified atom stereocenters. The molecule has 1 aliphatic heterocycles. The first-order chi connectivity index (χ1) is 14.0. The zero-order valence-corrected chi connectivity index (χ0v) is 16.9. The van der Waals surface area contributed by atoms with Gasteiger partial charge in [-0.05, 0) is 49.3 Å². The van der Waals surface area contributed by atoms with Crippen LogP contribution in [0.5, 0.6) is 0 Å². The lowest BCUT2D eigenvalue weighted by atomic mass is 10.1. The van der Waals surface area contributed by atoms with Gasteiger partial charge in [0.2, 0.25) is 0 Å². The highest BCUT2D eigenvalue weighted by molar-refractivity contribution is 5.83. The number of H-pyrrole nitrogens is 1. The van der Waals surface area contributed by atoms with E-state index in [2.05, 4.69) is 4.98 Å². The first-order valence-electron chi connectivity index (χ1n) is 10.1. The van der Waals surface area contributed by atoms with Crippen molar-refractivity contribution in [3.63, 3.8) is 0 Å². The number of pyridine rings is 1. The molecular weight excluding hydrogens is 364 g/mol. The van der Waals surface area contributed by atoms with Crippen molar-refractivity contribution in [3.05, 3.63) is 81.1 Å². The van der Waals surface area contributed by atoms with Crippen molar-refractivity contribution >= 4 is 16.8 Å². The molecule has 0 radical (unpaired) electrons. The van der Waals surface area contributed by atoms with Crippen molar-refractivity contribution < 1.29 is 9.53 Å². The van der Waals surface area contributed by atoms with Crippen LogP contribution in [0.1, 0.15) is 35.1 Å². The number of aromatic amines is 1. The molecule has 5 nitrogen and oxygen atoms in total. The molecule has 1 aliphatic rings. The van der Waals surface area contributed by atoms with Crippen LogP contribution in [-0.2, 0) is 22.6 Å². The van der Waals surface area contributed by atoms with Gasteiger partial charge in [-0.15, -0.1) is 0 Å². The number of benzene rings is 2. The number of nitrogens with one attached hydrogen (secondary N) is 1. The van der Waals surface area contributed by atoms with Gasteiger partial charge < -0.3 is 14.6 Å². The molecule has 1 atom stereocenters. The molecule has 0 bridgehead atoms. The van der Waals surface area contributed by atoms with Crippen LogP contribution >= 0.6 is 0 Å². The molecule has 150 valence electrons. The summed E-state index contributed by atoms with van der Waals surface area (Å²) in [5.74, 6) is -0.0492.